The second-order valence-electron chi connectivity index (χ2n) is 3.43. The van der Waals surface area contributed by atoms with Crippen molar-refractivity contribution in [1.29, 1.82) is 0 Å². The van der Waals surface area contributed by atoms with Crippen LogP contribution in [0.15, 0.2) is 29.0 Å². The number of H-pyrrole nitrogens is 1. The van der Waals surface area contributed by atoms with Crippen LogP contribution in [0, 0.1) is 0 Å². The summed E-state index contributed by atoms with van der Waals surface area (Å²) < 4.78 is 0. The maximum atomic E-state index is 4.08. The maximum absolute atomic E-state index is 4.08. The first-order valence-electron chi connectivity index (χ1n) is 5.09. The fraction of sp³-hybridized carbons (Fsp3) is 0.400. The Morgan fingerprint density at radius 3 is 3.25 bits per heavy atom. The average molecular weight is 254 g/mol. The Morgan fingerprint density at radius 2 is 2.56 bits per heavy atom. The molecule has 0 aliphatic carbocycles. The van der Waals surface area contributed by atoms with E-state index >= 15 is 0 Å². The average Bonchev–Trinajstić information content (AvgIpc) is 2.90. The number of thioether (sulfide) groups is 1. The van der Waals surface area contributed by atoms with Crippen molar-refractivity contribution in [2.24, 2.45) is 0 Å². The van der Waals surface area contributed by atoms with E-state index in [1.165, 1.54) is 11.2 Å². The molecular formula is C10H14N4S2. The molecule has 6 heteroatoms. The van der Waals surface area contributed by atoms with Crippen LogP contribution in [0.4, 0.5) is 0 Å². The van der Waals surface area contributed by atoms with Gasteiger partial charge in [0.15, 0.2) is 5.16 Å². The van der Waals surface area contributed by atoms with Crippen LogP contribution in [0.3, 0.4) is 0 Å². The molecule has 2 aromatic rings. The second-order valence-corrected chi connectivity index (χ2v) is 5.89. The van der Waals surface area contributed by atoms with Crippen LogP contribution in [0.2, 0.25) is 0 Å². The molecular weight excluding hydrogens is 240 g/mol. The molecule has 2 heterocycles. The molecule has 0 amide bonds. The third kappa shape index (κ3) is 3.62. The Bertz CT molecular complexity index is 385. The van der Waals surface area contributed by atoms with Crippen LogP contribution in [0.5, 0.6) is 0 Å². The molecule has 0 spiro atoms. The molecule has 0 saturated heterocycles. The summed E-state index contributed by atoms with van der Waals surface area (Å²) in [5.74, 6) is 0. The standard InChI is InChI=1S/C10H14N4S2/c1-8(16-10-12-7-13-14-10)5-11-6-9-3-2-4-15-9/h2-4,7-8,11H,5-6H2,1H3,(H,12,13,14). The van der Waals surface area contributed by atoms with Crippen molar-refractivity contribution in [3.05, 3.63) is 28.7 Å². The Labute approximate surface area is 103 Å². The van der Waals surface area contributed by atoms with Crippen LogP contribution in [0.1, 0.15) is 11.8 Å². The van der Waals surface area contributed by atoms with E-state index in [1.54, 1.807) is 23.1 Å². The SMILES string of the molecule is CC(CNCc1cccs1)Sc1ncn[nH]1. The van der Waals surface area contributed by atoms with Crippen molar-refractivity contribution < 1.29 is 0 Å². The lowest BCUT2D eigenvalue weighted by molar-refractivity contribution is 0.689. The highest BCUT2D eigenvalue weighted by Gasteiger charge is 2.06. The fourth-order valence-electron chi connectivity index (χ4n) is 1.30. The highest BCUT2D eigenvalue weighted by Crippen LogP contribution is 2.17. The van der Waals surface area contributed by atoms with Crippen molar-refractivity contribution in [2.45, 2.75) is 23.9 Å². The molecule has 16 heavy (non-hydrogen) atoms. The number of nitrogens with one attached hydrogen (secondary N) is 2. The van der Waals surface area contributed by atoms with Crippen LogP contribution in [-0.4, -0.2) is 27.0 Å². The van der Waals surface area contributed by atoms with E-state index in [9.17, 15) is 0 Å². The summed E-state index contributed by atoms with van der Waals surface area (Å²) in [4.78, 5) is 5.46. The predicted octanol–water partition coefficient (Wildman–Crippen LogP) is 2.14. The lowest BCUT2D eigenvalue weighted by Crippen LogP contribution is -2.21. The number of rotatable bonds is 6. The molecule has 0 fully saturated rings. The minimum Gasteiger partial charge on any atom is -0.311 e. The van der Waals surface area contributed by atoms with E-state index in [2.05, 4.69) is 44.9 Å². The number of aromatic nitrogens is 3. The summed E-state index contributed by atoms with van der Waals surface area (Å²) in [5.41, 5.74) is 0. The van der Waals surface area contributed by atoms with E-state index in [4.69, 9.17) is 0 Å². The zero-order chi connectivity index (χ0) is 11.2. The molecule has 2 rings (SSSR count). The number of aromatic amines is 1. The van der Waals surface area contributed by atoms with E-state index in [0.717, 1.165) is 18.2 Å². The third-order valence-electron chi connectivity index (χ3n) is 2.02. The van der Waals surface area contributed by atoms with Crippen molar-refractivity contribution in [3.8, 4) is 0 Å². The molecule has 0 saturated carbocycles. The highest BCUT2D eigenvalue weighted by molar-refractivity contribution is 7.99. The molecule has 86 valence electrons. The van der Waals surface area contributed by atoms with Crippen molar-refractivity contribution in [3.63, 3.8) is 0 Å². The first-order valence-corrected chi connectivity index (χ1v) is 6.85. The van der Waals surface area contributed by atoms with Crippen LogP contribution in [-0.2, 0) is 6.54 Å². The summed E-state index contributed by atoms with van der Waals surface area (Å²) in [6, 6.07) is 4.22. The first-order chi connectivity index (χ1) is 7.84. The van der Waals surface area contributed by atoms with Crippen LogP contribution < -0.4 is 5.32 Å². The lowest BCUT2D eigenvalue weighted by atomic mass is 10.4. The Kier molecular flexibility index (Phi) is 4.38. The number of thiophene rings is 1. The van der Waals surface area contributed by atoms with Gasteiger partial charge in [0.25, 0.3) is 0 Å². The Morgan fingerprint density at radius 1 is 1.62 bits per heavy atom. The Hall–Kier alpha value is -0.850. The quantitative estimate of drug-likeness (QED) is 0.776. The van der Waals surface area contributed by atoms with Gasteiger partial charge < -0.3 is 5.32 Å². The molecule has 0 aliphatic heterocycles. The van der Waals surface area contributed by atoms with Gasteiger partial charge in [-0.2, -0.15) is 5.10 Å². The van der Waals surface area contributed by atoms with Gasteiger partial charge in [0, 0.05) is 23.2 Å². The zero-order valence-electron chi connectivity index (χ0n) is 9.01. The van der Waals surface area contributed by atoms with Crippen molar-refractivity contribution >= 4 is 23.1 Å². The van der Waals surface area contributed by atoms with Gasteiger partial charge in [0.1, 0.15) is 6.33 Å². The minimum absolute atomic E-state index is 0.480. The smallest absolute Gasteiger partial charge is 0.183 e. The summed E-state index contributed by atoms with van der Waals surface area (Å²) in [6.07, 6.45) is 1.54. The van der Waals surface area contributed by atoms with Crippen molar-refractivity contribution in [1.82, 2.24) is 20.5 Å². The van der Waals surface area contributed by atoms with Gasteiger partial charge in [-0.3, -0.25) is 5.10 Å². The fourth-order valence-corrected chi connectivity index (χ4v) is 2.77. The van der Waals surface area contributed by atoms with Gasteiger partial charge in [-0.25, -0.2) is 4.98 Å². The summed E-state index contributed by atoms with van der Waals surface area (Å²) in [5, 5.41) is 13.6. The normalized spacial score (nSPS) is 12.8. The van der Waals surface area contributed by atoms with Gasteiger partial charge in [0.05, 0.1) is 0 Å². The molecule has 0 bridgehead atoms. The molecule has 0 aliphatic rings. The largest absolute Gasteiger partial charge is 0.311 e. The van der Waals surface area contributed by atoms with Crippen LogP contribution in [0.25, 0.3) is 0 Å². The van der Waals surface area contributed by atoms with E-state index in [-0.39, 0.29) is 0 Å². The number of nitrogens with zero attached hydrogens (tertiary/aromatic N) is 2. The molecule has 2 N–H and O–H groups in total. The second kappa shape index (κ2) is 6.03. The number of hydrogen-bond acceptors (Lipinski definition) is 5. The van der Waals surface area contributed by atoms with Gasteiger partial charge in [0.2, 0.25) is 0 Å². The monoisotopic (exact) mass is 254 g/mol. The molecule has 1 atom stereocenters. The van der Waals surface area contributed by atoms with Gasteiger partial charge in [-0.1, -0.05) is 24.8 Å². The molecule has 4 nitrogen and oxygen atoms in total. The zero-order valence-corrected chi connectivity index (χ0v) is 10.6. The minimum atomic E-state index is 0.480. The lowest BCUT2D eigenvalue weighted by Gasteiger charge is -2.09. The van der Waals surface area contributed by atoms with Gasteiger partial charge in [-0.05, 0) is 11.4 Å². The third-order valence-corrected chi connectivity index (χ3v) is 3.88. The summed E-state index contributed by atoms with van der Waals surface area (Å²) in [6.45, 7) is 4.08. The van der Waals surface area contributed by atoms with Crippen molar-refractivity contribution in [2.75, 3.05) is 6.54 Å². The van der Waals surface area contributed by atoms with Crippen LogP contribution >= 0.6 is 23.1 Å². The number of hydrogen-bond donors (Lipinski definition) is 2. The van der Waals surface area contributed by atoms with E-state index < -0.39 is 0 Å². The van der Waals surface area contributed by atoms with Gasteiger partial charge >= 0.3 is 0 Å². The highest BCUT2D eigenvalue weighted by atomic mass is 32.2. The van der Waals surface area contributed by atoms with Gasteiger partial charge in [-0.15, -0.1) is 11.3 Å². The Balaban J connectivity index is 1.66. The predicted molar refractivity (Wildman–Crippen MR) is 67.7 cm³/mol. The summed E-state index contributed by atoms with van der Waals surface area (Å²) >= 11 is 3.48. The summed E-state index contributed by atoms with van der Waals surface area (Å²) in [7, 11) is 0. The van der Waals surface area contributed by atoms with E-state index in [1.807, 2.05) is 0 Å². The molecule has 0 radical (unpaired) electrons. The first kappa shape index (κ1) is 11.6. The van der Waals surface area contributed by atoms with E-state index in [0.29, 0.717) is 5.25 Å². The molecule has 2 aromatic heterocycles. The molecule has 1 unspecified atom stereocenters. The maximum Gasteiger partial charge on any atom is 0.183 e. The molecule has 0 aromatic carbocycles. The topological polar surface area (TPSA) is 53.6 Å².